The van der Waals surface area contributed by atoms with E-state index >= 15 is 0 Å². The third-order valence-electron chi connectivity index (χ3n) is 5.98. The molecule has 4 aromatic rings. The van der Waals surface area contributed by atoms with Gasteiger partial charge in [0, 0.05) is 41.9 Å². The number of aromatic nitrogens is 2. The van der Waals surface area contributed by atoms with Gasteiger partial charge in [0.2, 0.25) is 4.21 Å². The lowest BCUT2D eigenvalue weighted by Gasteiger charge is -2.10. The second-order valence-electron chi connectivity index (χ2n) is 8.08. The number of ketones is 1. The number of rotatable bonds is 6. The third kappa shape index (κ3) is 3.93. The summed E-state index contributed by atoms with van der Waals surface area (Å²) in [6.45, 7) is 2.29. The van der Waals surface area contributed by atoms with Crippen molar-refractivity contribution in [1.29, 1.82) is 0 Å². The van der Waals surface area contributed by atoms with Gasteiger partial charge in [0.1, 0.15) is 22.1 Å². The van der Waals surface area contributed by atoms with Gasteiger partial charge in [-0.1, -0.05) is 41.7 Å². The summed E-state index contributed by atoms with van der Waals surface area (Å²) in [5.41, 5.74) is 12.4. The summed E-state index contributed by atoms with van der Waals surface area (Å²) in [4.78, 5) is 22.4. The lowest BCUT2D eigenvalue weighted by atomic mass is 10.00. The summed E-state index contributed by atoms with van der Waals surface area (Å²) in [7, 11) is 1.59. The summed E-state index contributed by atoms with van der Waals surface area (Å²) in [6.07, 6.45) is 2.19. The van der Waals surface area contributed by atoms with Crippen molar-refractivity contribution in [3.8, 4) is 22.4 Å². The van der Waals surface area contributed by atoms with Crippen LogP contribution in [0.3, 0.4) is 0 Å². The molecule has 2 atom stereocenters. The fraction of sp³-hybridized carbons (Fsp3) is 0.240. The third-order valence-corrected chi connectivity index (χ3v) is 8.86. The van der Waals surface area contributed by atoms with E-state index in [9.17, 15) is 9.35 Å². The van der Waals surface area contributed by atoms with Crippen LogP contribution in [0.4, 0.5) is 5.69 Å². The van der Waals surface area contributed by atoms with Crippen LogP contribution in [0.5, 0.6) is 0 Å². The molecule has 2 N–H and O–H groups in total. The molecule has 33 heavy (non-hydrogen) atoms. The molecule has 3 aromatic heterocycles. The Morgan fingerprint density at radius 3 is 2.79 bits per heavy atom. The monoisotopic (exact) mass is 477 g/mol. The van der Waals surface area contributed by atoms with Gasteiger partial charge in [0.25, 0.3) is 0 Å². The van der Waals surface area contributed by atoms with Gasteiger partial charge in [-0.15, -0.1) is 0 Å². The summed E-state index contributed by atoms with van der Waals surface area (Å²) >= 11 is 0.0874. The Labute approximate surface area is 199 Å². The van der Waals surface area contributed by atoms with Crippen LogP contribution in [0.1, 0.15) is 24.1 Å². The number of ether oxygens (including phenoxy) is 1. The van der Waals surface area contributed by atoms with E-state index in [0.717, 1.165) is 43.9 Å². The summed E-state index contributed by atoms with van der Waals surface area (Å²) in [5, 5.41) is 0.814. The normalized spacial score (nSPS) is 16.3. The lowest BCUT2D eigenvalue weighted by Crippen LogP contribution is -2.11. The number of anilines is 1. The summed E-state index contributed by atoms with van der Waals surface area (Å²) in [5.74, 6) is 0.408. The zero-order valence-corrected chi connectivity index (χ0v) is 20.0. The lowest BCUT2D eigenvalue weighted by molar-refractivity contribution is -0.118. The number of hydrogen-bond acceptors (Lipinski definition) is 7. The molecule has 6 nitrogen and oxygen atoms in total. The molecule has 8 heteroatoms. The van der Waals surface area contributed by atoms with Crippen LogP contribution in [-0.4, -0.2) is 39.8 Å². The van der Waals surface area contributed by atoms with Gasteiger partial charge in [-0.2, -0.15) is 0 Å². The molecule has 0 amide bonds. The van der Waals surface area contributed by atoms with E-state index in [2.05, 4.69) is 4.98 Å². The van der Waals surface area contributed by atoms with E-state index < -0.39 is 11.2 Å². The Kier molecular flexibility index (Phi) is 5.92. The van der Waals surface area contributed by atoms with Gasteiger partial charge >= 0.3 is 0 Å². The van der Waals surface area contributed by atoms with Crippen molar-refractivity contribution < 1.29 is 14.1 Å². The van der Waals surface area contributed by atoms with Crippen molar-refractivity contribution in [2.75, 3.05) is 25.2 Å². The van der Waals surface area contributed by atoms with Crippen LogP contribution in [0.2, 0.25) is 0 Å². The maximum absolute atomic E-state index is 12.9. The standard InChI is InChI=1S/C25H23N3O3S2/c1-14-20(29)11-16-10-17(13-27-23(14)16)19-12-18(15-6-4-3-5-7-15)21-22(26)25(32-24(21)28-19)33(30)9-8-31-2/h3-7,10,12-14H,8-9,11,26H2,1-2H3. The van der Waals surface area contributed by atoms with Gasteiger partial charge in [-0.3, -0.25) is 9.78 Å². The Bertz CT molecular complexity index is 1350. The van der Waals surface area contributed by atoms with Crippen LogP contribution in [-0.2, 0) is 27.1 Å². The number of benzene rings is 1. The maximum atomic E-state index is 12.9. The molecule has 0 fully saturated rings. The number of thiophene rings is 1. The zero-order chi connectivity index (χ0) is 23.1. The molecule has 0 saturated carbocycles. The number of methoxy groups -OCH3 is 1. The highest BCUT2D eigenvalue weighted by atomic mass is 32.2. The van der Waals surface area contributed by atoms with Crippen molar-refractivity contribution in [2.45, 2.75) is 23.5 Å². The van der Waals surface area contributed by atoms with Crippen molar-refractivity contribution in [1.82, 2.24) is 9.97 Å². The largest absolute Gasteiger partial charge is 0.611 e. The van der Waals surface area contributed by atoms with Crippen LogP contribution < -0.4 is 5.73 Å². The molecule has 3 heterocycles. The first kappa shape index (κ1) is 22.0. The fourth-order valence-electron chi connectivity index (χ4n) is 4.20. The Morgan fingerprint density at radius 2 is 2.03 bits per heavy atom. The molecule has 0 bridgehead atoms. The molecule has 2 unspecified atom stereocenters. The van der Waals surface area contributed by atoms with Crippen molar-refractivity contribution in [3.05, 3.63) is 59.9 Å². The van der Waals surface area contributed by atoms with E-state index in [-0.39, 0.29) is 11.7 Å². The van der Waals surface area contributed by atoms with Crippen LogP contribution in [0.15, 0.2) is 52.9 Å². The molecule has 0 spiro atoms. The van der Waals surface area contributed by atoms with Crippen molar-refractivity contribution in [2.24, 2.45) is 0 Å². The van der Waals surface area contributed by atoms with Crippen molar-refractivity contribution >= 4 is 44.2 Å². The zero-order valence-electron chi connectivity index (χ0n) is 18.3. The quantitative estimate of drug-likeness (QED) is 0.408. The number of nitrogens with zero attached hydrogens (tertiary/aromatic N) is 2. The number of carbonyl (C=O) groups excluding carboxylic acids is 1. The summed E-state index contributed by atoms with van der Waals surface area (Å²) in [6, 6.07) is 14.0. The molecular weight excluding hydrogens is 454 g/mol. The minimum absolute atomic E-state index is 0.161. The number of fused-ring (bicyclic) bond motifs is 2. The molecule has 0 aliphatic heterocycles. The van der Waals surface area contributed by atoms with E-state index in [4.69, 9.17) is 15.5 Å². The van der Waals surface area contributed by atoms with Crippen molar-refractivity contribution in [3.63, 3.8) is 0 Å². The van der Waals surface area contributed by atoms with Crippen LogP contribution in [0.25, 0.3) is 32.6 Å². The van der Waals surface area contributed by atoms with E-state index in [1.54, 1.807) is 13.3 Å². The minimum atomic E-state index is -1.27. The number of nitrogen functional groups attached to an aromatic ring is 1. The molecule has 5 rings (SSSR count). The van der Waals surface area contributed by atoms with Gasteiger partial charge in [-0.05, 0) is 35.7 Å². The molecule has 0 radical (unpaired) electrons. The second-order valence-corrected chi connectivity index (χ2v) is 10.8. The second kappa shape index (κ2) is 8.87. The predicted molar refractivity (Wildman–Crippen MR) is 133 cm³/mol. The number of Topliss-reactive ketones (excluding diaryl/α,β-unsaturated/α-hetero) is 1. The molecular formula is C25H23N3O3S2. The molecule has 0 saturated heterocycles. The highest BCUT2D eigenvalue weighted by Gasteiger charge is 2.29. The fourth-order valence-corrected chi connectivity index (χ4v) is 6.76. The maximum Gasteiger partial charge on any atom is 0.232 e. The number of hydrogen-bond donors (Lipinski definition) is 1. The van der Waals surface area contributed by atoms with Gasteiger partial charge in [0.05, 0.1) is 23.9 Å². The Morgan fingerprint density at radius 1 is 1.24 bits per heavy atom. The Balaban J connectivity index is 1.69. The van der Waals surface area contributed by atoms with Gasteiger partial charge in [0.15, 0.2) is 0 Å². The number of pyridine rings is 2. The molecule has 168 valence electrons. The average molecular weight is 478 g/mol. The predicted octanol–water partition coefficient (Wildman–Crippen LogP) is 4.59. The SMILES string of the molecule is COCC[S+]([O-])c1sc2nc(-c3cnc4c(c3)CC(=O)C4C)cc(-c3ccccc3)c2c1N. The first-order valence-corrected chi connectivity index (χ1v) is 12.8. The van der Waals surface area contributed by atoms with Gasteiger partial charge < -0.3 is 15.0 Å². The first-order chi connectivity index (χ1) is 16.0. The minimum Gasteiger partial charge on any atom is -0.611 e. The van der Waals surface area contributed by atoms with Gasteiger partial charge in [-0.25, -0.2) is 4.98 Å². The number of carbonyl (C=O) groups is 1. The smallest absolute Gasteiger partial charge is 0.232 e. The molecule has 1 aliphatic carbocycles. The Hall–Kier alpha value is -2.78. The number of nitrogens with two attached hydrogens (primary N) is 1. The highest BCUT2D eigenvalue weighted by molar-refractivity contribution is 7.93. The molecule has 1 aliphatic rings. The highest BCUT2D eigenvalue weighted by Crippen LogP contribution is 2.43. The molecule has 1 aromatic carbocycles. The first-order valence-electron chi connectivity index (χ1n) is 10.7. The summed E-state index contributed by atoms with van der Waals surface area (Å²) < 4.78 is 18.6. The van der Waals surface area contributed by atoms with E-state index in [1.807, 2.05) is 49.4 Å². The van der Waals surface area contributed by atoms with Crippen LogP contribution in [0, 0.1) is 0 Å². The topological polar surface area (TPSA) is 101 Å². The van der Waals surface area contributed by atoms with E-state index in [0.29, 0.717) is 28.7 Å². The average Bonchev–Trinajstić information content (AvgIpc) is 3.32. The van der Waals surface area contributed by atoms with Crippen LogP contribution >= 0.6 is 11.3 Å². The van der Waals surface area contributed by atoms with E-state index in [1.165, 1.54) is 11.3 Å².